The highest BCUT2D eigenvalue weighted by Gasteiger charge is 2.07. The van der Waals surface area contributed by atoms with Crippen LogP contribution >= 0.6 is 0 Å². The molecule has 0 aliphatic carbocycles. The van der Waals surface area contributed by atoms with Crippen molar-refractivity contribution in [3.63, 3.8) is 0 Å². The molecule has 0 saturated heterocycles. The third-order valence-electron chi connectivity index (χ3n) is 2.68. The van der Waals surface area contributed by atoms with Crippen molar-refractivity contribution in [2.75, 3.05) is 6.61 Å². The van der Waals surface area contributed by atoms with Gasteiger partial charge in [0.15, 0.2) is 0 Å². The van der Waals surface area contributed by atoms with Crippen molar-refractivity contribution in [1.82, 2.24) is 0 Å². The van der Waals surface area contributed by atoms with E-state index < -0.39 is 0 Å². The second-order valence-corrected chi connectivity index (χ2v) is 4.15. The van der Waals surface area contributed by atoms with Gasteiger partial charge >= 0.3 is 0 Å². The van der Waals surface area contributed by atoms with Crippen LogP contribution in [0.2, 0.25) is 0 Å². The van der Waals surface area contributed by atoms with Gasteiger partial charge in [-0.25, -0.2) is 0 Å². The minimum atomic E-state index is 0.145. The molecule has 0 aliphatic heterocycles. The van der Waals surface area contributed by atoms with E-state index in [1.807, 2.05) is 52.0 Å². The van der Waals surface area contributed by atoms with E-state index in [4.69, 9.17) is 0 Å². The summed E-state index contributed by atoms with van der Waals surface area (Å²) in [7, 11) is 0. The van der Waals surface area contributed by atoms with Gasteiger partial charge in [0.2, 0.25) is 0 Å². The van der Waals surface area contributed by atoms with Crippen LogP contribution in [0.25, 0.3) is 0 Å². The zero-order chi connectivity index (χ0) is 15.8. The minimum Gasteiger partial charge on any atom is -0.395 e. The van der Waals surface area contributed by atoms with Crippen LogP contribution in [0.3, 0.4) is 0 Å². The lowest BCUT2D eigenvalue weighted by Gasteiger charge is -2.12. The molecule has 0 aromatic heterocycles. The largest absolute Gasteiger partial charge is 0.395 e. The Morgan fingerprint density at radius 3 is 2.05 bits per heavy atom. The molecular weight excluding hydrogens is 244 g/mol. The van der Waals surface area contributed by atoms with E-state index in [2.05, 4.69) is 38.1 Å². The molecule has 20 heavy (non-hydrogen) atoms. The summed E-state index contributed by atoms with van der Waals surface area (Å²) in [6, 6.07) is 8.16. The number of aliphatic hydroxyl groups excluding tert-OH is 1. The van der Waals surface area contributed by atoms with Crippen molar-refractivity contribution in [2.45, 2.75) is 53.9 Å². The topological polar surface area (TPSA) is 20.2 Å². The van der Waals surface area contributed by atoms with Crippen LogP contribution in [0.15, 0.2) is 48.6 Å². The molecule has 0 radical (unpaired) electrons. The van der Waals surface area contributed by atoms with Crippen molar-refractivity contribution in [3.05, 3.63) is 59.7 Å². The lowest BCUT2D eigenvalue weighted by Crippen LogP contribution is -2.02. The van der Waals surface area contributed by atoms with Gasteiger partial charge in [0.25, 0.3) is 0 Å². The van der Waals surface area contributed by atoms with Crippen molar-refractivity contribution in [2.24, 2.45) is 0 Å². The molecule has 1 aromatic rings. The van der Waals surface area contributed by atoms with E-state index in [1.54, 1.807) is 0 Å². The molecule has 1 aromatic carbocycles. The van der Waals surface area contributed by atoms with Crippen LogP contribution in [-0.2, 0) is 0 Å². The first-order chi connectivity index (χ1) is 9.71. The highest BCUT2D eigenvalue weighted by atomic mass is 16.3. The Balaban J connectivity index is 0. The molecule has 0 heterocycles. The van der Waals surface area contributed by atoms with Gasteiger partial charge in [-0.2, -0.15) is 0 Å². The second-order valence-electron chi connectivity index (χ2n) is 4.15. The third kappa shape index (κ3) is 9.57. The maximum atomic E-state index is 9.18. The van der Waals surface area contributed by atoms with Crippen LogP contribution in [-0.4, -0.2) is 11.7 Å². The molecule has 1 N–H and O–H groups in total. The van der Waals surface area contributed by atoms with Gasteiger partial charge < -0.3 is 5.11 Å². The predicted octanol–water partition coefficient (Wildman–Crippen LogP) is 5.65. The molecular formula is C19H32O. The number of hydrogen-bond acceptors (Lipinski definition) is 1. The summed E-state index contributed by atoms with van der Waals surface area (Å²) >= 11 is 0. The van der Waals surface area contributed by atoms with E-state index in [9.17, 15) is 5.11 Å². The van der Waals surface area contributed by atoms with Gasteiger partial charge in [-0.15, -0.1) is 0 Å². The number of aliphatic hydroxyl groups is 1. The average Bonchev–Trinajstić information content (AvgIpc) is 2.49. The summed E-state index contributed by atoms with van der Waals surface area (Å²) in [6.45, 7) is 12.4. The Morgan fingerprint density at radius 2 is 1.70 bits per heavy atom. The summed E-state index contributed by atoms with van der Waals surface area (Å²) < 4.78 is 0. The molecule has 1 atom stereocenters. The molecule has 1 unspecified atom stereocenters. The Hall–Kier alpha value is -1.34. The smallest absolute Gasteiger partial charge is 0.0534 e. The number of rotatable bonds is 4. The maximum Gasteiger partial charge on any atom is 0.0534 e. The minimum absolute atomic E-state index is 0.145. The van der Waals surface area contributed by atoms with Gasteiger partial charge in [0, 0.05) is 5.92 Å². The van der Waals surface area contributed by atoms with Gasteiger partial charge in [-0.05, 0) is 38.3 Å². The zero-order valence-corrected chi connectivity index (χ0v) is 14.1. The molecule has 0 amide bonds. The molecule has 1 heteroatoms. The first-order valence-electron chi connectivity index (χ1n) is 7.61. The molecule has 0 fully saturated rings. The van der Waals surface area contributed by atoms with Crippen LogP contribution in [0.1, 0.15) is 58.1 Å². The normalized spacial score (nSPS) is 11.6. The summed E-state index contributed by atoms with van der Waals surface area (Å²) in [6.07, 6.45) is 9.35. The van der Waals surface area contributed by atoms with E-state index in [-0.39, 0.29) is 12.5 Å². The van der Waals surface area contributed by atoms with E-state index in [0.29, 0.717) is 0 Å². The van der Waals surface area contributed by atoms with Gasteiger partial charge in [-0.3, -0.25) is 0 Å². The summed E-state index contributed by atoms with van der Waals surface area (Å²) in [5.41, 5.74) is 2.45. The fourth-order valence-corrected chi connectivity index (χ4v) is 1.73. The van der Waals surface area contributed by atoms with Crippen molar-refractivity contribution >= 4 is 0 Å². The van der Waals surface area contributed by atoms with Gasteiger partial charge in [0.05, 0.1) is 6.61 Å². The molecule has 1 rings (SSSR count). The molecule has 0 spiro atoms. The highest BCUT2D eigenvalue weighted by Crippen LogP contribution is 2.20. The Kier molecular flexibility index (Phi) is 16.5. The number of aryl methyl sites for hydroxylation is 1. The fourth-order valence-electron chi connectivity index (χ4n) is 1.73. The lowest BCUT2D eigenvalue weighted by molar-refractivity contribution is 0.283. The van der Waals surface area contributed by atoms with Gasteiger partial charge in [-0.1, -0.05) is 69.3 Å². The molecule has 1 nitrogen and oxygen atoms in total. The van der Waals surface area contributed by atoms with Crippen LogP contribution in [0.4, 0.5) is 0 Å². The van der Waals surface area contributed by atoms with Gasteiger partial charge in [0.1, 0.15) is 0 Å². The van der Waals surface area contributed by atoms with E-state index >= 15 is 0 Å². The lowest BCUT2D eigenvalue weighted by atomic mass is 9.95. The fraction of sp³-hybridized carbons (Fsp3) is 0.474. The number of benzene rings is 1. The first-order valence-corrected chi connectivity index (χ1v) is 7.61. The standard InChI is InChI=1S/C12H16O.C5H10.C2H6/c1-3-6-11(9-13)12-8-5-4-7-10(12)2;1-3-5-4-2;1-2/h3-8,11,13H,9H2,1-2H3;3,5H,4H2,1-2H3;1-2H3/b6-3+;5-3-;. The van der Waals surface area contributed by atoms with E-state index in [1.165, 1.54) is 11.1 Å². The number of allylic oxidation sites excluding steroid dienone is 3. The Bertz CT molecular complexity index is 364. The summed E-state index contributed by atoms with van der Waals surface area (Å²) in [4.78, 5) is 0. The monoisotopic (exact) mass is 276 g/mol. The molecule has 0 saturated carbocycles. The quantitative estimate of drug-likeness (QED) is 0.705. The number of hydrogen-bond donors (Lipinski definition) is 1. The molecule has 0 bridgehead atoms. The Labute approximate surface area is 126 Å². The average molecular weight is 276 g/mol. The second kappa shape index (κ2) is 15.7. The maximum absolute atomic E-state index is 9.18. The van der Waals surface area contributed by atoms with Crippen LogP contribution in [0.5, 0.6) is 0 Å². The summed E-state index contributed by atoms with van der Waals surface area (Å²) in [5.74, 6) is 0.145. The molecule has 0 aliphatic rings. The highest BCUT2D eigenvalue weighted by molar-refractivity contribution is 5.31. The SMILES string of the molecule is C/C=C/C(CO)c1ccccc1C.C/C=C\CC.CC. The Morgan fingerprint density at radius 1 is 1.10 bits per heavy atom. The van der Waals surface area contributed by atoms with Crippen molar-refractivity contribution in [1.29, 1.82) is 0 Å². The van der Waals surface area contributed by atoms with E-state index in [0.717, 1.165) is 6.42 Å². The van der Waals surface area contributed by atoms with Crippen LogP contribution < -0.4 is 0 Å². The van der Waals surface area contributed by atoms with Crippen molar-refractivity contribution < 1.29 is 5.11 Å². The third-order valence-corrected chi connectivity index (χ3v) is 2.68. The van der Waals surface area contributed by atoms with Crippen molar-refractivity contribution in [3.8, 4) is 0 Å². The predicted molar refractivity (Wildman–Crippen MR) is 92.3 cm³/mol. The first kappa shape index (κ1) is 21.0. The zero-order valence-electron chi connectivity index (χ0n) is 14.1. The molecule has 114 valence electrons. The van der Waals surface area contributed by atoms with Crippen LogP contribution in [0, 0.1) is 6.92 Å². The summed E-state index contributed by atoms with van der Waals surface area (Å²) in [5, 5.41) is 9.18.